The molecule has 1 aliphatic heterocycles. The summed E-state index contributed by atoms with van der Waals surface area (Å²) < 4.78 is 10.9. The second kappa shape index (κ2) is 8.90. The number of nitrogens with one attached hydrogen (secondary N) is 2. The summed E-state index contributed by atoms with van der Waals surface area (Å²) in [7, 11) is 0. The lowest BCUT2D eigenvalue weighted by Gasteiger charge is -2.29. The molecule has 0 saturated heterocycles. The highest BCUT2D eigenvalue weighted by atomic mass is 35.5. The first-order valence-corrected chi connectivity index (χ1v) is 9.64. The molecule has 0 spiro atoms. The number of carbonyl (C=O) groups is 3. The summed E-state index contributed by atoms with van der Waals surface area (Å²) in [5.41, 5.74) is 1.06. The predicted octanol–water partition coefficient (Wildman–Crippen LogP) is 3.43. The molecule has 2 aromatic rings. The van der Waals surface area contributed by atoms with Gasteiger partial charge in [0.25, 0.3) is 0 Å². The van der Waals surface area contributed by atoms with Crippen molar-refractivity contribution in [3.8, 4) is 0 Å². The predicted molar refractivity (Wildman–Crippen MR) is 104 cm³/mol. The van der Waals surface area contributed by atoms with Crippen molar-refractivity contribution < 1.29 is 23.9 Å². The van der Waals surface area contributed by atoms with Gasteiger partial charge in [-0.3, -0.25) is 0 Å². The van der Waals surface area contributed by atoms with Gasteiger partial charge in [-0.25, -0.2) is 14.4 Å². The fourth-order valence-electron chi connectivity index (χ4n) is 2.71. The first-order chi connectivity index (χ1) is 13.5. The molecular formula is C19H17ClN2O5S. The van der Waals surface area contributed by atoms with Crippen LogP contribution in [0, 0.1) is 0 Å². The summed E-state index contributed by atoms with van der Waals surface area (Å²) in [4.78, 5) is 37.2. The molecule has 28 heavy (non-hydrogen) atoms. The molecule has 3 rings (SSSR count). The molecule has 0 saturated carbocycles. The van der Waals surface area contributed by atoms with Crippen molar-refractivity contribution in [1.82, 2.24) is 10.6 Å². The van der Waals surface area contributed by atoms with E-state index in [0.717, 1.165) is 11.3 Å². The first kappa shape index (κ1) is 19.9. The molecular weight excluding hydrogens is 404 g/mol. The number of halogens is 1. The average Bonchev–Trinajstić information content (AvgIpc) is 3.13. The van der Waals surface area contributed by atoms with E-state index in [9.17, 15) is 14.4 Å². The molecule has 0 bridgehead atoms. The van der Waals surface area contributed by atoms with E-state index in [-0.39, 0.29) is 24.5 Å². The second-order valence-electron chi connectivity index (χ2n) is 5.73. The lowest BCUT2D eigenvalue weighted by atomic mass is 9.95. The zero-order valence-electron chi connectivity index (χ0n) is 14.9. The minimum absolute atomic E-state index is 0.165. The van der Waals surface area contributed by atoms with Crippen LogP contribution in [-0.4, -0.2) is 31.2 Å². The van der Waals surface area contributed by atoms with Crippen LogP contribution in [0.25, 0.3) is 0 Å². The van der Waals surface area contributed by atoms with E-state index >= 15 is 0 Å². The van der Waals surface area contributed by atoms with E-state index in [4.69, 9.17) is 21.1 Å². The number of ether oxygens (including phenoxy) is 2. The van der Waals surface area contributed by atoms with Crippen LogP contribution < -0.4 is 10.6 Å². The van der Waals surface area contributed by atoms with E-state index in [1.165, 1.54) is 0 Å². The number of thiophene rings is 1. The van der Waals surface area contributed by atoms with Crippen LogP contribution in [-0.2, 0) is 14.3 Å². The Morgan fingerprint density at radius 3 is 2.50 bits per heavy atom. The van der Waals surface area contributed by atoms with Crippen molar-refractivity contribution in [3.05, 3.63) is 68.5 Å². The molecule has 146 valence electrons. The van der Waals surface area contributed by atoms with Crippen molar-refractivity contribution in [2.45, 2.75) is 13.0 Å². The Morgan fingerprint density at radius 1 is 1.11 bits per heavy atom. The Labute approximate surface area is 170 Å². The van der Waals surface area contributed by atoms with Crippen molar-refractivity contribution in [2.75, 3.05) is 13.2 Å². The highest BCUT2D eigenvalue weighted by molar-refractivity contribution is 7.17. The van der Waals surface area contributed by atoms with Gasteiger partial charge < -0.3 is 20.1 Å². The van der Waals surface area contributed by atoms with Crippen molar-refractivity contribution in [1.29, 1.82) is 0 Å². The average molecular weight is 421 g/mol. The smallest absolute Gasteiger partial charge is 0.348 e. The number of carbonyl (C=O) groups excluding carboxylic acids is 3. The van der Waals surface area contributed by atoms with Gasteiger partial charge in [0.15, 0.2) is 0 Å². The molecule has 9 heteroatoms. The number of amides is 2. The van der Waals surface area contributed by atoms with Gasteiger partial charge in [0.1, 0.15) is 11.5 Å². The van der Waals surface area contributed by atoms with Crippen molar-refractivity contribution >= 4 is 40.9 Å². The maximum absolute atomic E-state index is 12.6. The normalized spacial score (nSPS) is 16.2. The van der Waals surface area contributed by atoms with Crippen LogP contribution in [0.1, 0.15) is 28.2 Å². The molecule has 7 nitrogen and oxygen atoms in total. The monoisotopic (exact) mass is 420 g/mol. The summed E-state index contributed by atoms with van der Waals surface area (Å²) in [5.74, 6) is -1.20. The fraction of sp³-hybridized carbons (Fsp3) is 0.211. The summed E-state index contributed by atoms with van der Waals surface area (Å²) in [6.45, 7) is 1.56. The molecule has 2 heterocycles. The van der Waals surface area contributed by atoms with Gasteiger partial charge >= 0.3 is 18.0 Å². The lowest BCUT2D eigenvalue weighted by molar-refractivity contribution is -0.139. The Balaban J connectivity index is 1.90. The molecule has 1 atom stereocenters. The Morgan fingerprint density at radius 2 is 1.86 bits per heavy atom. The molecule has 0 radical (unpaired) electrons. The molecule has 2 amide bonds. The number of hydrogen-bond donors (Lipinski definition) is 2. The first-order valence-electron chi connectivity index (χ1n) is 8.44. The quantitative estimate of drug-likeness (QED) is 0.698. The van der Waals surface area contributed by atoms with Gasteiger partial charge in [0.2, 0.25) is 0 Å². The minimum atomic E-state index is -0.723. The minimum Gasteiger partial charge on any atom is -0.463 e. The molecule has 1 aromatic carbocycles. The molecule has 1 aromatic heterocycles. The topological polar surface area (TPSA) is 93.7 Å². The van der Waals surface area contributed by atoms with E-state index < -0.39 is 24.0 Å². The Bertz CT molecular complexity index is 925. The van der Waals surface area contributed by atoms with Crippen LogP contribution in [0.2, 0.25) is 4.34 Å². The van der Waals surface area contributed by atoms with E-state index in [1.54, 1.807) is 43.3 Å². The van der Waals surface area contributed by atoms with Gasteiger partial charge in [-0.1, -0.05) is 41.9 Å². The van der Waals surface area contributed by atoms with Crippen LogP contribution in [0.5, 0.6) is 0 Å². The van der Waals surface area contributed by atoms with Crippen molar-refractivity contribution in [3.63, 3.8) is 0 Å². The number of urea groups is 1. The second-order valence-corrected chi connectivity index (χ2v) is 7.45. The van der Waals surface area contributed by atoms with Crippen LogP contribution in [0.15, 0.2) is 53.7 Å². The largest absolute Gasteiger partial charge is 0.463 e. The number of benzene rings is 1. The third kappa shape index (κ3) is 4.52. The van der Waals surface area contributed by atoms with Gasteiger partial charge in [0.05, 0.1) is 28.3 Å². The SMILES string of the molecule is CCOC(=O)C1=C(COC(=O)c2ccc(Cl)s2)NC(=O)NC1c1ccccc1. The molecule has 1 unspecified atom stereocenters. The fourth-order valence-corrected chi connectivity index (χ4v) is 3.65. The molecule has 2 N–H and O–H groups in total. The Kier molecular flexibility index (Phi) is 6.33. The maximum Gasteiger partial charge on any atom is 0.348 e. The maximum atomic E-state index is 12.6. The summed E-state index contributed by atoms with van der Waals surface area (Å²) >= 11 is 6.91. The summed E-state index contributed by atoms with van der Waals surface area (Å²) in [6.07, 6.45) is 0. The molecule has 0 aliphatic carbocycles. The zero-order chi connectivity index (χ0) is 20.1. The number of rotatable bonds is 6. The highest BCUT2D eigenvalue weighted by Gasteiger charge is 2.34. The third-order valence-corrected chi connectivity index (χ3v) is 5.12. The summed E-state index contributed by atoms with van der Waals surface area (Å²) in [5, 5.41) is 5.26. The van der Waals surface area contributed by atoms with Crippen LogP contribution >= 0.6 is 22.9 Å². The lowest BCUT2D eigenvalue weighted by Crippen LogP contribution is -2.47. The Hall–Kier alpha value is -2.84. The standard InChI is InChI=1S/C19H17ClN2O5S/c1-2-26-18(24)15-12(10-27-17(23)13-8-9-14(20)28-13)21-19(25)22-16(15)11-6-4-3-5-7-11/h3-9,16H,2,10H2,1H3,(H2,21,22,25). The van der Waals surface area contributed by atoms with Gasteiger partial charge in [-0.15, -0.1) is 11.3 Å². The van der Waals surface area contributed by atoms with E-state index in [1.807, 2.05) is 6.07 Å². The van der Waals surface area contributed by atoms with Crippen LogP contribution in [0.4, 0.5) is 4.79 Å². The van der Waals surface area contributed by atoms with E-state index in [2.05, 4.69) is 10.6 Å². The zero-order valence-corrected chi connectivity index (χ0v) is 16.4. The van der Waals surface area contributed by atoms with Crippen molar-refractivity contribution in [2.24, 2.45) is 0 Å². The van der Waals surface area contributed by atoms with Crippen LogP contribution in [0.3, 0.4) is 0 Å². The van der Waals surface area contributed by atoms with E-state index in [0.29, 0.717) is 14.8 Å². The third-order valence-electron chi connectivity index (χ3n) is 3.90. The highest BCUT2D eigenvalue weighted by Crippen LogP contribution is 2.28. The number of esters is 2. The number of hydrogen-bond acceptors (Lipinski definition) is 6. The summed E-state index contributed by atoms with van der Waals surface area (Å²) in [6, 6.07) is 10.9. The van der Waals surface area contributed by atoms with Gasteiger partial charge in [-0.05, 0) is 24.6 Å². The molecule has 1 aliphatic rings. The molecule has 0 fully saturated rings. The van der Waals surface area contributed by atoms with Gasteiger partial charge in [-0.2, -0.15) is 0 Å². The van der Waals surface area contributed by atoms with Gasteiger partial charge in [0, 0.05) is 0 Å².